The standard InChI is InChI=1S/C18H27N3O2/c1-13-11-15(8-10-19-13)17(22)20-9-7-14-5-4-6-16(12-14)18(23)21(2)3/h4-6,12-13,15,19H,7-11H2,1-3H3,(H,20,22)/t13-,15-/m0/s1. The maximum atomic E-state index is 12.2. The average Bonchev–Trinajstić information content (AvgIpc) is 2.54. The zero-order valence-corrected chi connectivity index (χ0v) is 14.3. The summed E-state index contributed by atoms with van der Waals surface area (Å²) in [6, 6.07) is 8.02. The molecule has 0 aromatic heterocycles. The van der Waals surface area contributed by atoms with Crippen molar-refractivity contribution in [1.29, 1.82) is 0 Å². The fourth-order valence-electron chi connectivity index (χ4n) is 2.96. The van der Waals surface area contributed by atoms with Gasteiger partial charge in [-0.15, -0.1) is 0 Å². The molecular formula is C18H27N3O2. The molecule has 1 fully saturated rings. The van der Waals surface area contributed by atoms with Crippen LogP contribution in [0.15, 0.2) is 24.3 Å². The van der Waals surface area contributed by atoms with Crippen LogP contribution in [0.3, 0.4) is 0 Å². The Kier molecular flexibility index (Phi) is 6.16. The first-order valence-corrected chi connectivity index (χ1v) is 8.29. The Morgan fingerprint density at radius 3 is 2.83 bits per heavy atom. The van der Waals surface area contributed by atoms with Crippen molar-refractivity contribution in [2.45, 2.75) is 32.2 Å². The van der Waals surface area contributed by atoms with E-state index in [0.717, 1.165) is 31.4 Å². The SMILES string of the molecule is C[C@H]1C[C@@H](C(=O)NCCc2cccc(C(=O)N(C)C)c2)CCN1. The van der Waals surface area contributed by atoms with E-state index in [1.165, 1.54) is 0 Å². The smallest absolute Gasteiger partial charge is 0.253 e. The third kappa shape index (κ3) is 5.06. The van der Waals surface area contributed by atoms with Gasteiger partial charge in [-0.05, 0) is 50.4 Å². The van der Waals surface area contributed by atoms with Gasteiger partial charge in [0.1, 0.15) is 0 Å². The van der Waals surface area contributed by atoms with Gasteiger partial charge >= 0.3 is 0 Å². The van der Waals surface area contributed by atoms with E-state index < -0.39 is 0 Å². The lowest BCUT2D eigenvalue weighted by Gasteiger charge is -2.27. The van der Waals surface area contributed by atoms with Crippen molar-refractivity contribution < 1.29 is 9.59 Å². The van der Waals surface area contributed by atoms with Crippen LogP contribution >= 0.6 is 0 Å². The molecule has 23 heavy (non-hydrogen) atoms. The molecule has 0 bridgehead atoms. The highest BCUT2D eigenvalue weighted by molar-refractivity contribution is 5.94. The largest absolute Gasteiger partial charge is 0.356 e. The zero-order chi connectivity index (χ0) is 16.8. The number of benzene rings is 1. The summed E-state index contributed by atoms with van der Waals surface area (Å²) in [5.41, 5.74) is 1.75. The van der Waals surface area contributed by atoms with E-state index >= 15 is 0 Å². The zero-order valence-electron chi connectivity index (χ0n) is 14.3. The maximum Gasteiger partial charge on any atom is 0.253 e. The van der Waals surface area contributed by atoms with Gasteiger partial charge in [-0.25, -0.2) is 0 Å². The van der Waals surface area contributed by atoms with E-state index in [9.17, 15) is 9.59 Å². The highest BCUT2D eigenvalue weighted by atomic mass is 16.2. The molecular weight excluding hydrogens is 290 g/mol. The van der Waals surface area contributed by atoms with Gasteiger partial charge in [-0.2, -0.15) is 0 Å². The molecule has 1 aromatic carbocycles. The fourth-order valence-corrected chi connectivity index (χ4v) is 2.96. The molecule has 1 aliphatic rings. The number of rotatable bonds is 5. The summed E-state index contributed by atoms with van der Waals surface area (Å²) in [7, 11) is 3.49. The molecule has 2 rings (SSSR count). The van der Waals surface area contributed by atoms with E-state index in [-0.39, 0.29) is 17.7 Å². The Bertz CT molecular complexity index is 557. The molecule has 1 aliphatic heterocycles. The van der Waals surface area contributed by atoms with E-state index in [0.29, 0.717) is 18.2 Å². The fraction of sp³-hybridized carbons (Fsp3) is 0.556. The first-order valence-electron chi connectivity index (χ1n) is 8.29. The number of carbonyl (C=O) groups excluding carboxylic acids is 2. The van der Waals surface area contributed by atoms with Crippen molar-refractivity contribution in [3.05, 3.63) is 35.4 Å². The Morgan fingerprint density at radius 2 is 2.13 bits per heavy atom. The molecule has 2 atom stereocenters. The molecule has 126 valence electrons. The van der Waals surface area contributed by atoms with Crippen molar-refractivity contribution in [2.24, 2.45) is 5.92 Å². The number of carbonyl (C=O) groups is 2. The van der Waals surface area contributed by atoms with Crippen LogP contribution < -0.4 is 10.6 Å². The number of hydrogen-bond donors (Lipinski definition) is 2. The monoisotopic (exact) mass is 317 g/mol. The lowest BCUT2D eigenvalue weighted by molar-refractivity contribution is -0.126. The van der Waals surface area contributed by atoms with Gasteiger partial charge in [0.15, 0.2) is 0 Å². The molecule has 0 spiro atoms. The van der Waals surface area contributed by atoms with Gasteiger partial charge in [0.25, 0.3) is 5.91 Å². The van der Waals surface area contributed by atoms with Gasteiger partial charge < -0.3 is 15.5 Å². The summed E-state index contributed by atoms with van der Waals surface area (Å²) < 4.78 is 0. The van der Waals surface area contributed by atoms with Gasteiger partial charge in [0, 0.05) is 38.2 Å². The number of amides is 2. The Hall–Kier alpha value is -1.88. The second-order valence-corrected chi connectivity index (χ2v) is 6.52. The van der Waals surface area contributed by atoms with Crippen LogP contribution in [0, 0.1) is 5.92 Å². The third-order valence-electron chi connectivity index (χ3n) is 4.29. The van der Waals surface area contributed by atoms with Gasteiger partial charge in [-0.3, -0.25) is 9.59 Å². The van der Waals surface area contributed by atoms with Crippen LogP contribution in [0.2, 0.25) is 0 Å². The minimum atomic E-state index is -0.000390. The van der Waals surface area contributed by atoms with Crippen molar-refractivity contribution in [3.63, 3.8) is 0 Å². The van der Waals surface area contributed by atoms with Gasteiger partial charge in [0.2, 0.25) is 5.91 Å². The van der Waals surface area contributed by atoms with Gasteiger partial charge in [0.05, 0.1) is 0 Å². The van der Waals surface area contributed by atoms with Crippen LogP contribution in [-0.4, -0.2) is 49.9 Å². The molecule has 2 N–H and O–H groups in total. The summed E-state index contributed by atoms with van der Waals surface area (Å²) >= 11 is 0. The second-order valence-electron chi connectivity index (χ2n) is 6.52. The number of piperidine rings is 1. The molecule has 1 aromatic rings. The minimum absolute atomic E-state index is 0.000390. The maximum absolute atomic E-state index is 12.2. The van der Waals surface area contributed by atoms with E-state index in [1.54, 1.807) is 19.0 Å². The quantitative estimate of drug-likeness (QED) is 0.864. The van der Waals surface area contributed by atoms with Crippen LogP contribution in [-0.2, 0) is 11.2 Å². The Balaban J connectivity index is 1.83. The first kappa shape index (κ1) is 17.5. The van der Waals surface area contributed by atoms with Crippen LogP contribution in [0.5, 0.6) is 0 Å². The van der Waals surface area contributed by atoms with E-state index in [2.05, 4.69) is 17.6 Å². The minimum Gasteiger partial charge on any atom is -0.356 e. The number of hydrogen-bond acceptors (Lipinski definition) is 3. The van der Waals surface area contributed by atoms with Crippen molar-refractivity contribution >= 4 is 11.8 Å². The number of nitrogens with zero attached hydrogens (tertiary/aromatic N) is 1. The van der Waals surface area contributed by atoms with Crippen LogP contribution in [0.4, 0.5) is 0 Å². The van der Waals surface area contributed by atoms with Crippen LogP contribution in [0.1, 0.15) is 35.7 Å². The van der Waals surface area contributed by atoms with Crippen molar-refractivity contribution in [2.75, 3.05) is 27.2 Å². The van der Waals surface area contributed by atoms with Crippen LogP contribution in [0.25, 0.3) is 0 Å². The molecule has 0 aliphatic carbocycles. The summed E-state index contributed by atoms with van der Waals surface area (Å²) in [4.78, 5) is 25.7. The average molecular weight is 317 g/mol. The summed E-state index contributed by atoms with van der Waals surface area (Å²) in [5, 5.41) is 6.39. The first-order chi connectivity index (χ1) is 11.0. The Labute approximate surface area is 138 Å². The summed E-state index contributed by atoms with van der Waals surface area (Å²) in [6.45, 7) is 3.64. The third-order valence-corrected chi connectivity index (χ3v) is 4.29. The Morgan fingerprint density at radius 1 is 1.35 bits per heavy atom. The molecule has 1 heterocycles. The van der Waals surface area contributed by atoms with E-state index in [4.69, 9.17) is 0 Å². The highest BCUT2D eigenvalue weighted by Crippen LogP contribution is 2.16. The predicted molar refractivity (Wildman–Crippen MR) is 91.4 cm³/mol. The molecule has 2 amide bonds. The number of nitrogens with one attached hydrogen (secondary N) is 2. The highest BCUT2D eigenvalue weighted by Gasteiger charge is 2.24. The van der Waals surface area contributed by atoms with Crippen molar-refractivity contribution in [3.8, 4) is 0 Å². The summed E-state index contributed by atoms with van der Waals surface area (Å²) in [5.74, 6) is 0.270. The van der Waals surface area contributed by atoms with Gasteiger partial charge in [-0.1, -0.05) is 12.1 Å². The summed E-state index contributed by atoms with van der Waals surface area (Å²) in [6.07, 6.45) is 2.54. The predicted octanol–water partition coefficient (Wildman–Crippen LogP) is 1.44. The molecule has 5 heteroatoms. The normalized spacial score (nSPS) is 20.8. The lowest BCUT2D eigenvalue weighted by atomic mass is 9.92. The molecule has 0 saturated carbocycles. The molecule has 0 radical (unpaired) electrons. The molecule has 0 unspecified atom stereocenters. The topological polar surface area (TPSA) is 61.4 Å². The van der Waals surface area contributed by atoms with E-state index in [1.807, 2.05) is 24.3 Å². The lowest BCUT2D eigenvalue weighted by Crippen LogP contribution is -2.42. The second kappa shape index (κ2) is 8.11. The van der Waals surface area contributed by atoms with Crippen molar-refractivity contribution in [1.82, 2.24) is 15.5 Å². The molecule has 1 saturated heterocycles. The molecule has 5 nitrogen and oxygen atoms in total.